The van der Waals surface area contributed by atoms with Crippen LogP contribution in [0.15, 0.2) is 0 Å². The van der Waals surface area contributed by atoms with Crippen molar-refractivity contribution in [2.24, 2.45) is 0 Å². The van der Waals surface area contributed by atoms with Gasteiger partial charge in [-0.05, 0) is 39.7 Å². The first-order chi connectivity index (χ1) is 8.76. The van der Waals surface area contributed by atoms with Gasteiger partial charge in [-0.15, -0.1) is 11.3 Å². The maximum atomic E-state index is 4.90. The molecule has 1 aliphatic rings. The summed E-state index contributed by atoms with van der Waals surface area (Å²) in [5, 5.41) is 4.51. The molecule has 18 heavy (non-hydrogen) atoms. The van der Waals surface area contributed by atoms with Crippen LogP contribution in [0.25, 0.3) is 0 Å². The van der Waals surface area contributed by atoms with Crippen molar-refractivity contribution < 1.29 is 0 Å². The van der Waals surface area contributed by atoms with Crippen LogP contribution < -0.4 is 10.2 Å². The fourth-order valence-corrected chi connectivity index (χ4v) is 3.85. The second-order valence-corrected chi connectivity index (χ2v) is 6.25. The molecule has 1 N–H and O–H groups in total. The van der Waals surface area contributed by atoms with Crippen molar-refractivity contribution in [2.45, 2.75) is 58.5 Å². The molecule has 0 spiro atoms. The number of nitrogens with one attached hydrogen (secondary N) is 1. The third-order valence-corrected chi connectivity index (χ3v) is 4.77. The van der Waals surface area contributed by atoms with Crippen LogP contribution in [0, 0.1) is 0 Å². The highest BCUT2D eigenvalue weighted by atomic mass is 32.1. The Bertz CT molecular complexity index is 352. The number of hydrogen-bond acceptors (Lipinski definition) is 4. The molecule has 1 saturated heterocycles. The number of aryl methyl sites for hydroxylation is 1. The van der Waals surface area contributed by atoms with Crippen molar-refractivity contribution in [3.63, 3.8) is 0 Å². The van der Waals surface area contributed by atoms with E-state index in [0.29, 0.717) is 6.04 Å². The Kier molecular flexibility index (Phi) is 5.01. The summed E-state index contributed by atoms with van der Waals surface area (Å²) in [7, 11) is 2.01. The molecule has 0 amide bonds. The summed E-state index contributed by atoms with van der Waals surface area (Å²) in [6.07, 6.45) is 6.28. The minimum absolute atomic E-state index is 0.654. The van der Waals surface area contributed by atoms with Crippen LogP contribution in [0.2, 0.25) is 0 Å². The summed E-state index contributed by atoms with van der Waals surface area (Å²) in [5.74, 6) is 0. The standard InChI is InChI=1S/C14H25N3S/c1-4-7-12-13(10-15-3)18-14(16-12)17-9-6-5-8-11(17)2/h11,15H,4-10H2,1-3H3. The molecule has 0 aliphatic carbocycles. The molecule has 0 bridgehead atoms. The maximum Gasteiger partial charge on any atom is 0.186 e. The molecular weight excluding hydrogens is 242 g/mol. The largest absolute Gasteiger partial charge is 0.345 e. The Morgan fingerprint density at radius 1 is 1.44 bits per heavy atom. The van der Waals surface area contributed by atoms with Crippen molar-refractivity contribution in [2.75, 3.05) is 18.5 Å². The Balaban J connectivity index is 2.18. The zero-order valence-corrected chi connectivity index (χ0v) is 12.6. The monoisotopic (exact) mass is 267 g/mol. The van der Waals surface area contributed by atoms with E-state index in [2.05, 4.69) is 24.1 Å². The fourth-order valence-electron chi connectivity index (χ4n) is 2.61. The minimum Gasteiger partial charge on any atom is -0.345 e. The summed E-state index contributed by atoms with van der Waals surface area (Å²) in [4.78, 5) is 8.83. The molecule has 0 radical (unpaired) electrons. The van der Waals surface area contributed by atoms with Gasteiger partial charge in [0.15, 0.2) is 5.13 Å². The lowest BCUT2D eigenvalue weighted by molar-refractivity contribution is 0.484. The van der Waals surface area contributed by atoms with Crippen LogP contribution in [0.1, 0.15) is 50.1 Å². The van der Waals surface area contributed by atoms with Gasteiger partial charge in [-0.25, -0.2) is 4.98 Å². The van der Waals surface area contributed by atoms with E-state index in [1.165, 1.54) is 47.9 Å². The SMILES string of the molecule is CCCc1nc(N2CCCCC2C)sc1CNC. The minimum atomic E-state index is 0.654. The number of hydrogen-bond donors (Lipinski definition) is 1. The van der Waals surface area contributed by atoms with Gasteiger partial charge >= 0.3 is 0 Å². The van der Waals surface area contributed by atoms with Gasteiger partial charge in [0.2, 0.25) is 0 Å². The predicted octanol–water partition coefficient (Wildman–Crippen LogP) is 3.19. The zero-order chi connectivity index (χ0) is 13.0. The van der Waals surface area contributed by atoms with Crippen molar-refractivity contribution in [1.82, 2.24) is 10.3 Å². The van der Waals surface area contributed by atoms with Gasteiger partial charge < -0.3 is 10.2 Å². The smallest absolute Gasteiger partial charge is 0.186 e. The first kappa shape index (κ1) is 13.8. The van der Waals surface area contributed by atoms with Gasteiger partial charge in [-0.2, -0.15) is 0 Å². The summed E-state index contributed by atoms with van der Waals surface area (Å²) >= 11 is 1.89. The highest BCUT2D eigenvalue weighted by Crippen LogP contribution is 2.31. The van der Waals surface area contributed by atoms with Crippen LogP contribution in [0.5, 0.6) is 0 Å². The summed E-state index contributed by atoms with van der Waals surface area (Å²) < 4.78 is 0. The topological polar surface area (TPSA) is 28.2 Å². The molecule has 0 saturated carbocycles. The Hall–Kier alpha value is -0.610. The molecule has 1 fully saturated rings. The molecule has 1 aromatic heterocycles. The van der Waals surface area contributed by atoms with E-state index >= 15 is 0 Å². The van der Waals surface area contributed by atoms with Crippen molar-refractivity contribution >= 4 is 16.5 Å². The molecule has 1 aromatic rings. The quantitative estimate of drug-likeness (QED) is 0.888. The number of nitrogens with zero attached hydrogens (tertiary/aromatic N) is 2. The highest BCUT2D eigenvalue weighted by molar-refractivity contribution is 7.15. The van der Waals surface area contributed by atoms with E-state index in [9.17, 15) is 0 Å². The van der Waals surface area contributed by atoms with Crippen molar-refractivity contribution in [1.29, 1.82) is 0 Å². The Morgan fingerprint density at radius 3 is 2.94 bits per heavy atom. The van der Waals surface area contributed by atoms with Gasteiger partial charge in [0, 0.05) is 24.0 Å². The van der Waals surface area contributed by atoms with Crippen LogP contribution in [-0.2, 0) is 13.0 Å². The summed E-state index contributed by atoms with van der Waals surface area (Å²) in [5.41, 5.74) is 1.31. The molecule has 2 heterocycles. The lowest BCUT2D eigenvalue weighted by atomic mass is 10.0. The second-order valence-electron chi connectivity index (χ2n) is 5.18. The van der Waals surface area contributed by atoms with Gasteiger partial charge in [0.05, 0.1) is 5.69 Å². The van der Waals surface area contributed by atoms with Gasteiger partial charge in [-0.3, -0.25) is 0 Å². The Morgan fingerprint density at radius 2 is 2.28 bits per heavy atom. The van der Waals surface area contributed by atoms with Gasteiger partial charge in [-0.1, -0.05) is 13.3 Å². The summed E-state index contributed by atoms with van der Waals surface area (Å²) in [6.45, 7) is 6.69. The normalized spacial score (nSPS) is 20.4. The van der Waals surface area contributed by atoms with Gasteiger partial charge in [0.25, 0.3) is 0 Å². The lowest BCUT2D eigenvalue weighted by Gasteiger charge is -2.33. The Labute approximate surface area is 115 Å². The van der Waals surface area contributed by atoms with Crippen molar-refractivity contribution in [3.05, 3.63) is 10.6 Å². The van der Waals surface area contributed by atoms with E-state index in [1.807, 2.05) is 18.4 Å². The molecule has 1 unspecified atom stereocenters. The number of rotatable bonds is 5. The number of piperidine rings is 1. The number of anilines is 1. The van der Waals surface area contributed by atoms with Crippen LogP contribution in [0.3, 0.4) is 0 Å². The average molecular weight is 267 g/mol. The molecular formula is C14H25N3S. The number of thiazole rings is 1. The van der Waals surface area contributed by atoms with E-state index in [0.717, 1.165) is 13.0 Å². The molecule has 4 heteroatoms. The third kappa shape index (κ3) is 3.04. The molecule has 0 aromatic carbocycles. The van der Waals surface area contributed by atoms with Crippen LogP contribution >= 0.6 is 11.3 Å². The van der Waals surface area contributed by atoms with E-state index in [-0.39, 0.29) is 0 Å². The predicted molar refractivity (Wildman–Crippen MR) is 79.5 cm³/mol. The van der Waals surface area contributed by atoms with E-state index < -0.39 is 0 Å². The molecule has 102 valence electrons. The first-order valence-corrected chi connectivity index (χ1v) is 7.97. The molecule has 1 atom stereocenters. The maximum absolute atomic E-state index is 4.90. The highest BCUT2D eigenvalue weighted by Gasteiger charge is 2.22. The molecule has 1 aliphatic heterocycles. The lowest BCUT2D eigenvalue weighted by Crippen LogP contribution is -2.37. The summed E-state index contributed by atoms with van der Waals surface area (Å²) in [6, 6.07) is 0.654. The average Bonchev–Trinajstić information content (AvgIpc) is 2.74. The van der Waals surface area contributed by atoms with Crippen LogP contribution in [0.4, 0.5) is 5.13 Å². The van der Waals surface area contributed by atoms with Crippen LogP contribution in [-0.4, -0.2) is 24.6 Å². The first-order valence-electron chi connectivity index (χ1n) is 7.16. The molecule has 2 rings (SSSR count). The molecule has 3 nitrogen and oxygen atoms in total. The number of aromatic nitrogens is 1. The zero-order valence-electron chi connectivity index (χ0n) is 11.8. The van der Waals surface area contributed by atoms with E-state index in [4.69, 9.17) is 4.98 Å². The third-order valence-electron chi connectivity index (χ3n) is 3.64. The van der Waals surface area contributed by atoms with E-state index in [1.54, 1.807) is 0 Å². The van der Waals surface area contributed by atoms with Crippen molar-refractivity contribution in [3.8, 4) is 0 Å². The van der Waals surface area contributed by atoms with Gasteiger partial charge in [0.1, 0.15) is 0 Å². The second kappa shape index (κ2) is 6.53. The fraction of sp³-hybridized carbons (Fsp3) is 0.786.